The van der Waals surface area contributed by atoms with Crippen LogP contribution in [-0.2, 0) is 16.0 Å². The number of hydrogen-bond donors (Lipinski definition) is 2. The molecule has 2 N–H and O–H groups in total. The minimum Gasteiger partial charge on any atom is -0.480 e. The molecule has 1 rings (SSSR count). The molecular weight excluding hydrogens is 292 g/mol. The number of nitrogens with one attached hydrogen (secondary N) is 1. The Morgan fingerprint density at radius 1 is 1.23 bits per heavy atom. The first-order chi connectivity index (χ1) is 10.1. The zero-order valence-corrected chi connectivity index (χ0v) is 13.0. The van der Waals surface area contributed by atoms with Crippen molar-refractivity contribution >= 4 is 11.9 Å². The molecule has 0 aromatic heterocycles. The van der Waals surface area contributed by atoms with Gasteiger partial charge in [-0.3, -0.25) is 4.79 Å². The highest BCUT2D eigenvalue weighted by Gasteiger charge is 2.22. The first-order valence-electron chi connectivity index (χ1n) is 7.04. The van der Waals surface area contributed by atoms with Gasteiger partial charge in [0.1, 0.15) is 6.04 Å². The number of carboxylic acid groups (broad SMARTS) is 1. The summed E-state index contributed by atoms with van der Waals surface area (Å²) in [5.74, 6) is -3.67. The van der Waals surface area contributed by atoms with Crippen LogP contribution in [0.15, 0.2) is 18.2 Å². The van der Waals surface area contributed by atoms with Crippen LogP contribution >= 0.6 is 0 Å². The van der Waals surface area contributed by atoms with Crippen molar-refractivity contribution in [3.8, 4) is 0 Å². The van der Waals surface area contributed by atoms with Gasteiger partial charge in [-0.1, -0.05) is 26.8 Å². The lowest BCUT2D eigenvalue weighted by molar-refractivity contribution is -0.142. The normalized spacial score (nSPS) is 12.8. The second-order valence-electron chi connectivity index (χ2n) is 6.48. The number of carbonyl (C=O) groups is 2. The fraction of sp³-hybridized carbons (Fsp3) is 0.500. The number of amides is 1. The molecule has 1 amide bonds. The van der Waals surface area contributed by atoms with E-state index >= 15 is 0 Å². The number of carbonyl (C=O) groups excluding carboxylic acids is 1. The van der Waals surface area contributed by atoms with Crippen LogP contribution in [0.3, 0.4) is 0 Å². The van der Waals surface area contributed by atoms with Crippen LogP contribution in [0.5, 0.6) is 0 Å². The van der Waals surface area contributed by atoms with E-state index in [9.17, 15) is 18.4 Å². The molecule has 0 saturated heterocycles. The molecule has 1 atom stereocenters. The molecule has 0 spiro atoms. The van der Waals surface area contributed by atoms with E-state index in [0.29, 0.717) is 12.8 Å². The third-order valence-electron chi connectivity index (χ3n) is 3.17. The van der Waals surface area contributed by atoms with Gasteiger partial charge in [0.25, 0.3) is 0 Å². The molecule has 0 saturated carbocycles. The minimum absolute atomic E-state index is 0.0431. The van der Waals surface area contributed by atoms with E-state index < -0.39 is 29.6 Å². The second kappa shape index (κ2) is 7.33. The Morgan fingerprint density at radius 2 is 1.86 bits per heavy atom. The van der Waals surface area contributed by atoms with Crippen LogP contribution in [-0.4, -0.2) is 23.0 Å². The summed E-state index contributed by atoms with van der Waals surface area (Å²) < 4.78 is 25.9. The van der Waals surface area contributed by atoms with E-state index in [1.807, 2.05) is 20.8 Å². The second-order valence-corrected chi connectivity index (χ2v) is 6.48. The smallest absolute Gasteiger partial charge is 0.326 e. The lowest BCUT2D eigenvalue weighted by atomic mass is 9.88. The van der Waals surface area contributed by atoms with Gasteiger partial charge in [0.2, 0.25) is 5.91 Å². The van der Waals surface area contributed by atoms with Gasteiger partial charge in [-0.05, 0) is 36.0 Å². The molecule has 1 aromatic rings. The van der Waals surface area contributed by atoms with Crippen molar-refractivity contribution in [2.45, 2.75) is 46.1 Å². The van der Waals surface area contributed by atoms with Gasteiger partial charge in [-0.2, -0.15) is 0 Å². The van der Waals surface area contributed by atoms with Crippen LogP contribution in [0.25, 0.3) is 0 Å². The van der Waals surface area contributed by atoms with E-state index in [0.717, 1.165) is 12.1 Å². The van der Waals surface area contributed by atoms with Gasteiger partial charge >= 0.3 is 5.97 Å². The summed E-state index contributed by atoms with van der Waals surface area (Å²) in [5, 5.41) is 11.6. The molecule has 1 aromatic carbocycles. The number of aliphatic carboxylic acids is 1. The van der Waals surface area contributed by atoms with Crippen molar-refractivity contribution in [2.75, 3.05) is 0 Å². The van der Waals surface area contributed by atoms with E-state index in [2.05, 4.69) is 5.32 Å². The van der Waals surface area contributed by atoms with E-state index in [1.54, 1.807) is 0 Å². The lowest BCUT2D eigenvalue weighted by Crippen LogP contribution is -2.42. The van der Waals surface area contributed by atoms with Crippen molar-refractivity contribution in [1.82, 2.24) is 5.32 Å². The van der Waals surface area contributed by atoms with E-state index in [4.69, 9.17) is 5.11 Å². The van der Waals surface area contributed by atoms with Crippen LogP contribution in [0.4, 0.5) is 8.78 Å². The van der Waals surface area contributed by atoms with Crippen LogP contribution in [0, 0.1) is 17.0 Å². The fourth-order valence-corrected chi connectivity index (χ4v) is 1.92. The molecule has 0 radical (unpaired) electrons. The van der Waals surface area contributed by atoms with Crippen molar-refractivity contribution in [3.05, 3.63) is 35.4 Å². The third kappa shape index (κ3) is 6.20. The highest BCUT2D eigenvalue weighted by atomic mass is 19.2. The topological polar surface area (TPSA) is 66.4 Å². The Kier molecular flexibility index (Phi) is 6.02. The number of halogens is 2. The highest BCUT2D eigenvalue weighted by molar-refractivity contribution is 5.84. The maximum absolute atomic E-state index is 13.1. The molecular formula is C16H21F2NO3. The third-order valence-corrected chi connectivity index (χ3v) is 3.17. The zero-order chi connectivity index (χ0) is 16.9. The van der Waals surface area contributed by atoms with Gasteiger partial charge in [0.05, 0.1) is 6.42 Å². The Bertz CT molecular complexity index is 553. The summed E-state index contributed by atoms with van der Waals surface area (Å²) in [6, 6.07) is 2.17. The number of benzene rings is 1. The Labute approximate surface area is 128 Å². The Morgan fingerprint density at radius 3 is 2.36 bits per heavy atom. The van der Waals surface area contributed by atoms with Crippen molar-refractivity contribution in [3.63, 3.8) is 0 Å². The van der Waals surface area contributed by atoms with E-state index in [1.165, 1.54) is 6.07 Å². The summed E-state index contributed by atoms with van der Waals surface area (Å²) >= 11 is 0. The lowest BCUT2D eigenvalue weighted by Gasteiger charge is -2.21. The first-order valence-corrected chi connectivity index (χ1v) is 7.04. The average Bonchev–Trinajstić information content (AvgIpc) is 2.37. The summed E-state index contributed by atoms with van der Waals surface area (Å²) in [7, 11) is 0. The van der Waals surface area contributed by atoms with Gasteiger partial charge in [-0.15, -0.1) is 0 Å². The molecule has 4 nitrogen and oxygen atoms in total. The largest absolute Gasteiger partial charge is 0.480 e. The summed E-state index contributed by atoms with van der Waals surface area (Å²) in [6.07, 6.45) is 0.744. The molecule has 6 heteroatoms. The van der Waals surface area contributed by atoms with Gasteiger partial charge < -0.3 is 10.4 Å². The molecule has 0 heterocycles. The molecule has 0 aliphatic carbocycles. The Hall–Kier alpha value is -1.98. The summed E-state index contributed by atoms with van der Waals surface area (Å²) in [6.45, 7) is 5.94. The van der Waals surface area contributed by atoms with Gasteiger partial charge in [-0.25, -0.2) is 13.6 Å². The van der Waals surface area contributed by atoms with Crippen LogP contribution in [0.1, 0.15) is 39.2 Å². The van der Waals surface area contributed by atoms with Crippen LogP contribution < -0.4 is 5.32 Å². The molecule has 22 heavy (non-hydrogen) atoms. The van der Waals surface area contributed by atoms with Crippen molar-refractivity contribution in [1.29, 1.82) is 0 Å². The van der Waals surface area contributed by atoms with Crippen molar-refractivity contribution in [2.24, 2.45) is 5.41 Å². The summed E-state index contributed by atoms with van der Waals surface area (Å²) in [4.78, 5) is 23.0. The van der Waals surface area contributed by atoms with Gasteiger partial charge in [0, 0.05) is 0 Å². The Balaban J connectivity index is 2.63. The molecule has 0 fully saturated rings. The van der Waals surface area contributed by atoms with E-state index in [-0.39, 0.29) is 17.4 Å². The minimum atomic E-state index is -1.11. The number of carboxylic acids is 1. The predicted molar refractivity (Wildman–Crippen MR) is 78.3 cm³/mol. The van der Waals surface area contributed by atoms with Crippen molar-refractivity contribution < 1.29 is 23.5 Å². The molecule has 0 aliphatic rings. The summed E-state index contributed by atoms with van der Waals surface area (Å²) in [5.41, 5.74) is 0.245. The quantitative estimate of drug-likeness (QED) is 0.848. The SMILES string of the molecule is CC(C)(C)CCC(NC(=O)Cc1ccc(F)c(F)c1)C(=O)O. The number of hydrogen-bond acceptors (Lipinski definition) is 2. The first kappa shape index (κ1) is 18.1. The standard InChI is InChI=1S/C16H21F2NO3/c1-16(2,3)7-6-13(15(21)22)19-14(20)9-10-4-5-11(17)12(18)8-10/h4-5,8,13H,6-7,9H2,1-3H3,(H,19,20)(H,21,22). The van der Waals surface area contributed by atoms with Crippen LogP contribution in [0.2, 0.25) is 0 Å². The molecule has 0 bridgehead atoms. The monoisotopic (exact) mass is 313 g/mol. The zero-order valence-electron chi connectivity index (χ0n) is 13.0. The number of rotatable bonds is 6. The predicted octanol–water partition coefficient (Wildman–Crippen LogP) is 2.90. The van der Waals surface area contributed by atoms with Gasteiger partial charge in [0.15, 0.2) is 11.6 Å². The maximum atomic E-state index is 13.1. The fourth-order valence-electron chi connectivity index (χ4n) is 1.92. The highest BCUT2D eigenvalue weighted by Crippen LogP contribution is 2.21. The molecule has 0 aliphatic heterocycles. The molecule has 1 unspecified atom stereocenters. The molecule has 122 valence electrons. The average molecular weight is 313 g/mol. The maximum Gasteiger partial charge on any atom is 0.326 e.